The van der Waals surface area contributed by atoms with E-state index in [0.29, 0.717) is 43.4 Å². The summed E-state index contributed by atoms with van der Waals surface area (Å²) in [6.45, 7) is 5.30. The first-order valence-corrected chi connectivity index (χ1v) is 13.4. The summed E-state index contributed by atoms with van der Waals surface area (Å²) in [5.41, 5.74) is 0.361. The van der Waals surface area contributed by atoms with Crippen molar-refractivity contribution in [3.8, 4) is 0 Å². The van der Waals surface area contributed by atoms with Crippen molar-refractivity contribution < 1.29 is 21.7 Å². The van der Waals surface area contributed by atoms with Gasteiger partial charge in [0.1, 0.15) is 23.6 Å². The molecule has 1 aliphatic rings. The van der Waals surface area contributed by atoms with E-state index >= 15 is 4.39 Å². The summed E-state index contributed by atoms with van der Waals surface area (Å²) in [4.78, 5) is 14.7. The molecule has 0 unspecified atom stereocenters. The molecule has 0 saturated carbocycles. The minimum Gasteiger partial charge on any atom is -0.337 e. The highest BCUT2D eigenvalue weighted by atomic mass is 32.2. The fraction of sp³-hybridized carbons (Fsp3) is 0.391. The van der Waals surface area contributed by atoms with Crippen LogP contribution >= 0.6 is 0 Å². The summed E-state index contributed by atoms with van der Waals surface area (Å²) in [5.74, 6) is -0.417. The Hall–Kier alpha value is -3.61. The maximum atomic E-state index is 15.1. The summed E-state index contributed by atoms with van der Waals surface area (Å²) in [7, 11) is -3.56. The maximum Gasteiger partial charge on any atom is 0.324 e. The third-order valence-electron chi connectivity index (χ3n) is 6.26. The van der Waals surface area contributed by atoms with Crippen molar-refractivity contribution in [2.24, 2.45) is 0 Å². The molecule has 1 aromatic carbocycles. The van der Waals surface area contributed by atoms with Crippen LogP contribution in [0.3, 0.4) is 0 Å². The summed E-state index contributed by atoms with van der Waals surface area (Å²) in [6.07, 6.45) is 5.08. The standard InChI is InChI=1S/C23H25F2N7O3S/c1-13(2)20-29-23(35-30-20)31-8-6-14(7-9-31)32-11-17(25)19-21(26-12-27-22(19)32)28-18-5-4-15(10-16(18)24)36(3,33)34/h4-5,10-14H,6-9H2,1-3H3,(H,26,27,28). The molecule has 4 aromatic rings. The van der Waals surface area contributed by atoms with Crippen LogP contribution in [0.15, 0.2) is 40.1 Å². The Labute approximate surface area is 206 Å². The van der Waals surface area contributed by atoms with E-state index in [4.69, 9.17) is 4.52 Å². The zero-order valence-electron chi connectivity index (χ0n) is 19.9. The van der Waals surface area contributed by atoms with Gasteiger partial charge in [0.05, 0.1) is 16.0 Å². The topological polar surface area (TPSA) is 119 Å². The van der Waals surface area contributed by atoms with Gasteiger partial charge >= 0.3 is 6.01 Å². The predicted molar refractivity (Wildman–Crippen MR) is 129 cm³/mol. The lowest BCUT2D eigenvalue weighted by atomic mass is 10.1. The highest BCUT2D eigenvalue weighted by Crippen LogP contribution is 2.34. The molecule has 4 heterocycles. The van der Waals surface area contributed by atoms with E-state index in [9.17, 15) is 12.8 Å². The number of nitrogens with one attached hydrogen (secondary N) is 1. The maximum absolute atomic E-state index is 15.1. The predicted octanol–water partition coefficient (Wildman–Crippen LogP) is 4.20. The second kappa shape index (κ2) is 9.12. The summed E-state index contributed by atoms with van der Waals surface area (Å²) in [6, 6.07) is 3.94. The van der Waals surface area contributed by atoms with E-state index < -0.39 is 21.5 Å². The van der Waals surface area contributed by atoms with Crippen molar-refractivity contribution in [2.75, 3.05) is 29.6 Å². The zero-order valence-corrected chi connectivity index (χ0v) is 20.8. The normalized spacial score (nSPS) is 15.2. The molecule has 13 heteroatoms. The van der Waals surface area contributed by atoms with E-state index in [0.717, 1.165) is 12.3 Å². The first kappa shape index (κ1) is 24.1. The highest BCUT2D eigenvalue weighted by molar-refractivity contribution is 7.90. The number of halogens is 2. The average molecular weight is 518 g/mol. The number of sulfone groups is 1. The fourth-order valence-corrected chi connectivity index (χ4v) is 4.93. The molecule has 190 valence electrons. The summed E-state index contributed by atoms with van der Waals surface area (Å²) >= 11 is 0. The van der Waals surface area contributed by atoms with Gasteiger partial charge in [0.25, 0.3) is 0 Å². The number of hydrogen-bond donors (Lipinski definition) is 1. The molecule has 0 atom stereocenters. The minimum atomic E-state index is -3.56. The second-order valence-corrected chi connectivity index (χ2v) is 11.2. The van der Waals surface area contributed by atoms with Crippen LogP contribution in [0.1, 0.15) is 44.5 Å². The summed E-state index contributed by atoms with van der Waals surface area (Å²) in [5, 5.41) is 6.93. The molecule has 0 amide bonds. The van der Waals surface area contributed by atoms with Gasteiger partial charge in [-0.3, -0.25) is 0 Å². The van der Waals surface area contributed by atoms with Gasteiger partial charge in [-0.05, 0) is 31.0 Å². The quantitative estimate of drug-likeness (QED) is 0.401. The van der Waals surface area contributed by atoms with Gasteiger partial charge in [-0.1, -0.05) is 19.0 Å². The van der Waals surface area contributed by atoms with E-state index in [1.165, 1.54) is 24.7 Å². The molecule has 0 radical (unpaired) electrons. The van der Waals surface area contributed by atoms with E-state index in [1.54, 1.807) is 4.57 Å². The van der Waals surface area contributed by atoms with Gasteiger partial charge in [0, 0.05) is 37.5 Å². The Morgan fingerprint density at radius 2 is 1.89 bits per heavy atom. The SMILES string of the molecule is CC(C)c1noc(N2CCC(n3cc(F)c4c(Nc5ccc(S(C)(=O)=O)cc5F)ncnc43)CC2)n1. The molecule has 0 aliphatic carbocycles. The van der Waals surface area contributed by atoms with Crippen molar-refractivity contribution in [3.63, 3.8) is 0 Å². The average Bonchev–Trinajstić information content (AvgIpc) is 3.46. The number of fused-ring (bicyclic) bond motifs is 1. The lowest BCUT2D eigenvalue weighted by Gasteiger charge is -2.31. The van der Waals surface area contributed by atoms with Crippen molar-refractivity contribution in [1.82, 2.24) is 24.7 Å². The van der Waals surface area contributed by atoms with Crippen LogP contribution in [0.4, 0.5) is 26.3 Å². The van der Waals surface area contributed by atoms with Crippen molar-refractivity contribution in [2.45, 2.75) is 43.5 Å². The van der Waals surface area contributed by atoms with Crippen LogP contribution in [-0.4, -0.2) is 52.4 Å². The second-order valence-electron chi connectivity index (χ2n) is 9.15. The van der Waals surface area contributed by atoms with Gasteiger partial charge in [-0.25, -0.2) is 27.2 Å². The fourth-order valence-electron chi connectivity index (χ4n) is 4.29. The number of hydrogen-bond acceptors (Lipinski definition) is 9. The first-order valence-electron chi connectivity index (χ1n) is 11.5. The van der Waals surface area contributed by atoms with Gasteiger partial charge < -0.3 is 19.3 Å². The number of piperidine rings is 1. The van der Waals surface area contributed by atoms with Gasteiger partial charge in [-0.2, -0.15) is 4.98 Å². The van der Waals surface area contributed by atoms with Crippen molar-refractivity contribution in [3.05, 3.63) is 48.2 Å². The van der Waals surface area contributed by atoms with Crippen LogP contribution in [0.2, 0.25) is 0 Å². The number of rotatable bonds is 6. The van der Waals surface area contributed by atoms with Crippen molar-refractivity contribution >= 4 is 38.4 Å². The molecular weight excluding hydrogens is 492 g/mol. The van der Waals surface area contributed by atoms with Crippen LogP contribution in [0.5, 0.6) is 0 Å². The zero-order chi connectivity index (χ0) is 25.6. The van der Waals surface area contributed by atoms with Crippen LogP contribution < -0.4 is 10.2 Å². The largest absolute Gasteiger partial charge is 0.337 e. The molecule has 1 fully saturated rings. The van der Waals surface area contributed by atoms with Crippen molar-refractivity contribution in [1.29, 1.82) is 0 Å². The number of benzene rings is 1. The highest BCUT2D eigenvalue weighted by Gasteiger charge is 2.27. The first-order chi connectivity index (χ1) is 17.1. The lowest BCUT2D eigenvalue weighted by Crippen LogP contribution is -2.34. The Kier molecular flexibility index (Phi) is 6.10. The molecule has 5 rings (SSSR count). The van der Waals surface area contributed by atoms with Gasteiger partial charge in [0.15, 0.2) is 21.5 Å². The molecular formula is C23H25F2N7O3S. The number of anilines is 3. The molecule has 0 spiro atoms. The molecule has 36 heavy (non-hydrogen) atoms. The van der Waals surface area contributed by atoms with Gasteiger partial charge in [0.2, 0.25) is 0 Å². The number of nitrogens with zero attached hydrogens (tertiary/aromatic N) is 6. The molecule has 1 aliphatic heterocycles. The van der Waals surface area contributed by atoms with E-state index in [2.05, 4.69) is 25.4 Å². The lowest BCUT2D eigenvalue weighted by molar-refractivity contribution is 0.360. The summed E-state index contributed by atoms with van der Waals surface area (Å²) < 4.78 is 60.2. The van der Waals surface area contributed by atoms with Gasteiger partial charge in [-0.15, -0.1) is 0 Å². The Bertz CT molecular complexity index is 1530. The Morgan fingerprint density at radius 3 is 2.53 bits per heavy atom. The van der Waals surface area contributed by atoms with Crippen LogP contribution in [0.25, 0.3) is 11.0 Å². The molecule has 3 aromatic heterocycles. The molecule has 1 saturated heterocycles. The number of aromatic nitrogens is 5. The van der Waals surface area contributed by atoms with E-state index in [-0.39, 0.29) is 33.7 Å². The van der Waals surface area contributed by atoms with E-state index in [1.807, 2.05) is 18.7 Å². The third kappa shape index (κ3) is 4.50. The molecule has 1 N–H and O–H groups in total. The smallest absolute Gasteiger partial charge is 0.324 e. The van der Waals surface area contributed by atoms with Crippen LogP contribution in [-0.2, 0) is 9.84 Å². The minimum absolute atomic E-state index is 0.0192. The monoisotopic (exact) mass is 517 g/mol. The molecule has 10 nitrogen and oxygen atoms in total. The Morgan fingerprint density at radius 1 is 1.14 bits per heavy atom. The molecule has 0 bridgehead atoms. The van der Waals surface area contributed by atoms with Crippen LogP contribution in [0, 0.1) is 11.6 Å². The third-order valence-corrected chi connectivity index (χ3v) is 7.37. The Balaban J connectivity index is 1.38.